The van der Waals surface area contributed by atoms with Crippen LogP contribution in [0.25, 0.3) is 11.0 Å². The fourth-order valence-electron chi connectivity index (χ4n) is 2.19. The van der Waals surface area contributed by atoms with Crippen molar-refractivity contribution in [2.45, 2.75) is 12.3 Å². The Kier molecular flexibility index (Phi) is 2.66. The summed E-state index contributed by atoms with van der Waals surface area (Å²) in [5.74, 6) is -3.16. The zero-order valence-electron chi connectivity index (χ0n) is 10.0. The summed E-state index contributed by atoms with van der Waals surface area (Å²) in [5, 5.41) is 0. The average molecular weight is 263 g/mol. The van der Waals surface area contributed by atoms with Crippen molar-refractivity contribution < 1.29 is 13.6 Å². The van der Waals surface area contributed by atoms with Gasteiger partial charge in [-0.3, -0.25) is 14.8 Å². The first-order valence-electron chi connectivity index (χ1n) is 5.93. The number of benzene rings is 1. The summed E-state index contributed by atoms with van der Waals surface area (Å²) in [7, 11) is 0. The van der Waals surface area contributed by atoms with Gasteiger partial charge < -0.3 is 4.90 Å². The van der Waals surface area contributed by atoms with Gasteiger partial charge in [-0.05, 0) is 18.2 Å². The van der Waals surface area contributed by atoms with Gasteiger partial charge in [0.2, 0.25) is 0 Å². The lowest BCUT2D eigenvalue weighted by Crippen LogP contribution is -2.31. The fraction of sp³-hybridized carbons (Fsp3) is 0.308. The molecule has 1 amide bonds. The predicted octanol–water partition coefficient (Wildman–Crippen LogP) is 2.11. The fourth-order valence-corrected chi connectivity index (χ4v) is 2.19. The lowest BCUT2D eigenvalue weighted by Gasteiger charge is -2.16. The van der Waals surface area contributed by atoms with Gasteiger partial charge in [0.05, 0.1) is 17.6 Å². The third-order valence-electron chi connectivity index (χ3n) is 3.17. The summed E-state index contributed by atoms with van der Waals surface area (Å²) in [4.78, 5) is 21.5. The molecule has 0 unspecified atom stereocenters. The van der Waals surface area contributed by atoms with Gasteiger partial charge in [-0.15, -0.1) is 0 Å². The number of amides is 1. The Hall–Kier alpha value is -2.11. The van der Waals surface area contributed by atoms with Crippen molar-refractivity contribution in [3.63, 3.8) is 0 Å². The lowest BCUT2D eigenvalue weighted by atomic mass is 10.1. The Balaban J connectivity index is 1.90. The number of likely N-dealkylation sites (tertiary alicyclic amines) is 1. The molecule has 3 rings (SSSR count). The zero-order valence-corrected chi connectivity index (χ0v) is 10.0. The summed E-state index contributed by atoms with van der Waals surface area (Å²) in [6.07, 6.45) is 2.82. The van der Waals surface area contributed by atoms with Gasteiger partial charge in [-0.1, -0.05) is 0 Å². The number of hydrogen-bond donors (Lipinski definition) is 0. The highest BCUT2D eigenvalue weighted by molar-refractivity contribution is 5.97. The number of carbonyl (C=O) groups is 1. The first-order valence-corrected chi connectivity index (χ1v) is 5.93. The van der Waals surface area contributed by atoms with Crippen LogP contribution in [0.5, 0.6) is 0 Å². The summed E-state index contributed by atoms with van der Waals surface area (Å²) in [5.41, 5.74) is 1.62. The topological polar surface area (TPSA) is 46.1 Å². The second kappa shape index (κ2) is 4.22. The molecule has 4 nitrogen and oxygen atoms in total. The zero-order chi connectivity index (χ0) is 13.5. The molecule has 98 valence electrons. The summed E-state index contributed by atoms with van der Waals surface area (Å²) >= 11 is 0. The minimum Gasteiger partial charge on any atom is -0.332 e. The maximum Gasteiger partial charge on any atom is 0.267 e. The number of rotatable bonds is 1. The van der Waals surface area contributed by atoms with Crippen molar-refractivity contribution in [1.29, 1.82) is 0 Å². The molecule has 1 saturated heterocycles. The van der Waals surface area contributed by atoms with Gasteiger partial charge in [0.15, 0.2) is 0 Å². The minimum atomic E-state index is -2.77. The molecule has 0 aliphatic carbocycles. The molecule has 0 N–H and O–H groups in total. The quantitative estimate of drug-likeness (QED) is 0.791. The number of hydrogen-bond acceptors (Lipinski definition) is 3. The van der Waals surface area contributed by atoms with Crippen molar-refractivity contribution >= 4 is 16.9 Å². The summed E-state index contributed by atoms with van der Waals surface area (Å²) < 4.78 is 26.2. The molecule has 1 aliphatic heterocycles. The van der Waals surface area contributed by atoms with E-state index < -0.39 is 12.5 Å². The third-order valence-corrected chi connectivity index (χ3v) is 3.17. The van der Waals surface area contributed by atoms with Gasteiger partial charge in [-0.25, -0.2) is 8.78 Å². The van der Waals surface area contributed by atoms with E-state index in [1.807, 2.05) is 0 Å². The van der Waals surface area contributed by atoms with Crippen LogP contribution in [-0.2, 0) is 0 Å². The monoisotopic (exact) mass is 263 g/mol. The number of halogens is 2. The lowest BCUT2D eigenvalue weighted by molar-refractivity contribution is 0.0120. The number of alkyl halides is 2. The summed E-state index contributed by atoms with van der Waals surface area (Å²) in [6.45, 7) is -0.422. The molecule has 0 atom stereocenters. The Bertz CT molecular complexity index is 645. The maximum absolute atomic E-state index is 13.1. The van der Waals surface area contributed by atoms with Crippen molar-refractivity contribution in [1.82, 2.24) is 14.9 Å². The Morgan fingerprint density at radius 2 is 1.95 bits per heavy atom. The molecule has 0 saturated carbocycles. The molecule has 2 aromatic rings. The van der Waals surface area contributed by atoms with Gasteiger partial charge in [0, 0.05) is 30.9 Å². The summed E-state index contributed by atoms with van der Waals surface area (Å²) in [6, 6.07) is 4.85. The SMILES string of the molecule is O=C(c1ccc2nccnc2c1)N1CCC(F)(F)C1. The maximum atomic E-state index is 13.1. The molecule has 6 heteroatoms. The Morgan fingerprint density at radius 1 is 1.21 bits per heavy atom. The number of aromatic nitrogens is 2. The molecular formula is C13H11F2N3O. The number of carbonyl (C=O) groups excluding carboxylic acids is 1. The van der Waals surface area contributed by atoms with Crippen LogP contribution in [-0.4, -0.2) is 39.8 Å². The van der Waals surface area contributed by atoms with Crippen LogP contribution in [0.2, 0.25) is 0 Å². The number of fused-ring (bicyclic) bond motifs is 1. The van der Waals surface area contributed by atoms with Crippen LogP contribution in [0, 0.1) is 0 Å². The molecule has 2 heterocycles. The second-order valence-corrected chi connectivity index (χ2v) is 4.59. The highest BCUT2D eigenvalue weighted by atomic mass is 19.3. The largest absolute Gasteiger partial charge is 0.332 e. The molecule has 1 aromatic carbocycles. The second-order valence-electron chi connectivity index (χ2n) is 4.59. The van der Waals surface area contributed by atoms with Gasteiger partial charge in [-0.2, -0.15) is 0 Å². The van der Waals surface area contributed by atoms with Crippen molar-refractivity contribution in [3.8, 4) is 0 Å². The van der Waals surface area contributed by atoms with Crippen LogP contribution in [0.1, 0.15) is 16.8 Å². The van der Waals surface area contributed by atoms with E-state index in [9.17, 15) is 13.6 Å². The average Bonchev–Trinajstić information content (AvgIpc) is 2.78. The van der Waals surface area contributed by atoms with E-state index in [1.54, 1.807) is 24.4 Å². The first kappa shape index (κ1) is 12.0. The highest BCUT2D eigenvalue weighted by Gasteiger charge is 2.40. The Morgan fingerprint density at radius 3 is 2.63 bits per heavy atom. The van der Waals surface area contributed by atoms with E-state index >= 15 is 0 Å². The molecule has 1 fully saturated rings. The highest BCUT2D eigenvalue weighted by Crippen LogP contribution is 2.28. The molecule has 19 heavy (non-hydrogen) atoms. The van der Waals surface area contributed by atoms with E-state index in [-0.39, 0.29) is 18.9 Å². The molecule has 0 radical (unpaired) electrons. The third kappa shape index (κ3) is 2.25. The molecule has 0 spiro atoms. The van der Waals surface area contributed by atoms with Crippen LogP contribution in [0.3, 0.4) is 0 Å². The predicted molar refractivity (Wildman–Crippen MR) is 65.0 cm³/mol. The van der Waals surface area contributed by atoms with Gasteiger partial charge in [0.25, 0.3) is 11.8 Å². The van der Waals surface area contributed by atoms with Crippen molar-refractivity contribution in [2.75, 3.05) is 13.1 Å². The van der Waals surface area contributed by atoms with Crippen molar-refractivity contribution in [2.24, 2.45) is 0 Å². The molecule has 1 aliphatic rings. The first-order chi connectivity index (χ1) is 9.05. The molecule has 1 aromatic heterocycles. The standard InChI is InChI=1S/C13H11F2N3O/c14-13(15)3-6-18(8-13)12(19)9-1-2-10-11(7-9)17-5-4-16-10/h1-2,4-5,7H,3,6,8H2. The molecule has 0 bridgehead atoms. The Labute approximate surface area is 108 Å². The van der Waals surface area contributed by atoms with E-state index in [0.717, 1.165) is 0 Å². The smallest absolute Gasteiger partial charge is 0.267 e. The minimum absolute atomic E-state index is 0.0876. The van der Waals surface area contributed by atoms with Crippen LogP contribution >= 0.6 is 0 Å². The van der Waals surface area contributed by atoms with E-state index in [4.69, 9.17) is 0 Å². The van der Waals surface area contributed by atoms with Gasteiger partial charge >= 0.3 is 0 Å². The van der Waals surface area contributed by atoms with Gasteiger partial charge in [0.1, 0.15) is 0 Å². The number of nitrogens with zero attached hydrogens (tertiary/aromatic N) is 3. The van der Waals surface area contributed by atoms with E-state index in [2.05, 4.69) is 9.97 Å². The normalized spacial score (nSPS) is 17.9. The molecular weight excluding hydrogens is 252 g/mol. The van der Waals surface area contributed by atoms with E-state index in [1.165, 1.54) is 11.1 Å². The van der Waals surface area contributed by atoms with Crippen LogP contribution in [0.15, 0.2) is 30.6 Å². The van der Waals surface area contributed by atoms with Crippen LogP contribution in [0.4, 0.5) is 8.78 Å². The van der Waals surface area contributed by atoms with Crippen LogP contribution < -0.4 is 0 Å². The van der Waals surface area contributed by atoms with Crippen molar-refractivity contribution in [3.05, 3.63) is 36.2 Å². The van der Waals surface area contributed by atoms with E-state index in [0.29, 0.717) is 16.6 Å².